The Bertz CT molecular complexity index is 385. The molecule has 1 amide bonds. The zero-order chi connectivity index (χ0) is 14.0. The molecule has 0 atom stereocenters. The SMILES string of the molecule is O=C(CCNC1CCCC1)NCCCc1ccccc1. The Balaban J connectivity index is 1.47. The van der Waals surface area contributed by atoms with Crippen LogP contribution in [0.5, 0.6) is 0 Å². The summed E-state index contributed by atoms with van der Waals surface area (Å²) in [5.41, 5.74) is 1.34. The summed E-state index contributed by atoms with van der Waals surface area (Å²) in [5, 5.41) is 6.47. The Kier molecular flexibility index (Phi) is 6.58. The minimum Gasteiger partial charge on any atom is -0.356 e. The molecule has 0 heterocycles. The van der Waals surface area contributed by atoms with E-state index in [2.05, 4.69) is 34.9 Å². The predicted octanol–water partition coefficient (Wildman–Crippen LogP) is 2.66. The minimum absolute atomic E-state index is 0.170. The maximum atomic E-state index is 11.7. The highest BCUT2D eigenvalue weighted by Gasteiger charge is 2.13. The Hall–Kier alpha value is -1.35. The highest BCUT2D eigenvalue weighted by molar-refractivity contribution is 5.75. The molecule has 0 unspecified atom stereocenters. The van der Waals surface area contributed by atoms with Crippen molar-refractivity contribution in [3.8, 4) is 0 Å². The standard InChI is InChI=1S/C17H26N2O/c20-17(12-14-18-16-10-4-5-11-16)19-13-6-9-15-7-2-1-3-8-15/h1-3,7-8,16,18H,4-6,9-14H2,(H,19,20). The van der Waals surface area contributed by atoms with Gasteiger partial charge in [0.15, 0.2) is 0 Å². The quantitative estimate of drug-likeness (QED) is 0.716. The molecule has 2 N–H and O–H groups in total. The summed E-state index contributed by atoms with van der Waals surface area (Å²) >= 11 is 0. The average Bonchev–Trinajstić information content (AvgIpc) is 2.98. The van der Waals surface area contributed by atoms with E-state index >= 15 is 0 Å². The van der Waals surface area contributed by atoms with Crippen molar-refractivity contribution in [1.82, 2.24) is 10.6 Å². The molecule has 0 aliphatic heterocycles. The number of rotatable bonds is 8. The molecular weight excluding hydrogens is 248 g/mol. The molecule has 1 aliphatic rings. The van der Waals surface area contributed by atoms with Gasteiger partial charge in [-0.05, 0) is 31.2 Å². The van der Waals surface area contributed by atoms with Crippen LogP contribution in [0.1, 0.15) is 44.1 Å². The first-order valence-corrected chi connectivity index (χ1v) is 7.88. The van der Waals surface area contributed by atoms with Crippen LogP contribution in [-0.4, -0.2) is 25.0 Å². The number of aryl methyl sites for hydroxylation is 1. The second-order valence-corrected chi connectivity index (χ2v) is 5.62. The molecule has 1 aromatic rings. The molecule has 0 spiro atoms. The first-order chi connectivity index (χ1) is 9.84. The van der Waals surface area contributed by atoms with E-state index in [9.17, 15) is 4.79 Å². The number of hydrogen-bond acceptors (Lipinski definition) is 2. The lowest BCUT2D eigenvalue weighted by atomic mass is 10.1. The van der Waals surface area contributed by atoms with Crippen molar-refractivity contribution in [3.05, 3.63) is 35.9 Å². The van der Waals surface area contributed by atoms with Crippen molar-refractivity contribution in [2.24, 2.45) is 0 Å². The summed E-state index contributed by atoms with van der Waals surface area (Å²) in [6.45, 7) is 1.59. The fourth-order valence-corrected chi connectivity index (χ4v) is 2.77. The van der Waals surface area contributed by atoms with Gasteiger partial charge in [-0.3, -0.25) is 4.79 Å². The summed E-state index contributed by atoms with van der Waals surface area (Å²) in [6, 6.07) is 11.1. The van der Waals surface area contributed by atoms with Gasteiger partial charge in [-0.1, -0.05) is 43.2 Å². The zero-order valence-electron chi connectivity index (χ0n) is 12.2. The van der Waals surface area contributed by atoms with Crippen LogP contribution in [0.3, 0.4) is 0 Å². The van der Waals surface area contributed by atoms with Gasteiger partial charge in [-0.15, -0.1) is 0 Å². The molecule has 0 saturated heterocycles. The van der Waals surface area contributed by atoms with Crippen LogP contribution >= 0.6 is 0 Å². The van der Waals surface area contributed by atoms with Crippen LogP contribution in [-0.2, 0) is 11.2 Å². The molecular formula is C17H26N2O. The van der Waals surface area contributed by atoms with Crippen LogP contribution in [0.25, 0.3) is 0 Å². The second-order valence-electron chi connectivity index (χ2n) is 5.62. The third kappa shape index (κ3) is 5.74. The summed E-state index contributed by atoms with van der Waals surface area (Å²) in [7, 11) is 0. The molecule has 2 rings (SSSR count). The van der Waals surface area contributed by atoms with Gasteiger partial charge in [0.25, 0.3) is 0 Å². The number of carbonyl (C=O) groups is 1. The monoisotopic (exact) mass is 274 g/mol. The van der Waals surface area contributed by atoms with Crippen LogP contribution in [0, 0.1) is 0 Å². The number of carbonyl (C=O) groups excluding carboxylic acids is 1. The van der Waals surface area contributed by atoms with Gasteiger partial charge < -0.3 is 10.6 Å². The Morgan fingerprint density at radius 3 is 2.60 bits per heavy atom. The maximum Gasteiger partial charge on any atom is 0.221 e. The second kappa shape index (κ2) is 8.75. The van der Waals surface area contributed by atoms with Crippen LogP contribution in [0.4, 0.5) is 0 Å². The van der Waals surface area contributed by atoms with Gasteiger partial charge in [0, 0.05) is 25.6 Å². The van der Waals surface area contributed by atoms with E-state index in [1.807, 2.05) is 6.07 Å². The van der Waals surface area contributed by atoms with Gasteiger partial charge in [0.05, 0.1) is 0 Å². The fourth-order valence-electron chi connectivity index (χ4n) is 2.77. The average molecular weight is 274 g/mol. The van der Waals surface area contributed by atoms with E-state index in [0.717, 1.165) is 25.9 Å². The van der Waals surface area contributed by atoms with Crippen molar-refractivity contribution in [3.63, 3.8) is 0 Å². The van der Waals surface area contributed by atoms with Crippen LogP contribution in [0.2, 0.25) is 0 Å². The lowest BCUT2D eigenvalue weighted by molar-refractivity contribution is -0.121. The molecule has 1 fully saturated rings. The van der Waals surface area contributed by atoms with E-state index in [1.165, 1.54) is 31.2 Å². The van der Waals surface area contributed by atoms with Crippen molar-refractivity contribution in [2.75, 3.05) is 13.1 Å². The van der Waals surface area contributed by atoms with Crippen LogP contribution < -0.4 is 10.6 Å². The number of nitrogens with one attached hydrogen (secondary N) is 2. The summed E-state index contributed by atoms with van der Waals surface area (Å²) < 4.78 is 0. The first kappa shape index (κ1) is 15.0. The van der Waals surface area contributed by atoms with E-state index < -0.39 is 0 Å². The van der Waals surface area contributed by atoms with Crippen molar-refractivity contribution in [2.45, 2.75) is 51.0 Å². The van der Waals surface area contributed by atoms with Gasteiger partial charge in [-0.25, -0.2) is 0 Å². The van der Waals surface area contributed by atoms with Gasteiger partial charge in [0.2, 0.25) is 5.91 Å². The molecule has 0 radical (unpaired) electrons. The molecule has 3 heteroatoms. The molecule has 1 saturated carbocycles. The lowest BCUT2D eigenvalue weighted by Gasteiger charge is -2.11. The van der Waals surface area contributed by atoms with Crippen molar-refractivity contribution < 1.29 is 4.79 Å². The Morgan fingerprint density at radius 2 is 1.85 bits per heavy atom. The molecule has 110 valence electrons. The predicted molar refractivity (Wildman–Crippen MR) is 82.6 cm³/mol. The van der Waals surface area contributed by atoms with Gasteiger partial charge in [-0.2, -0.15) is 0 Å². The molecule has 3 nitrogen and oxygen atoms in total. The molecule has 20 heavy (non-hydrogen) atoms. The largest absolute Gasteiger partial charge is 0.356 e. The number of hydrogen-bond donors (Lipinski definition) is 2. The highest BCUT2D eigenvalue weighted by atomic mass is 16.1. The molecule has 0 bridgehead atoms. The van der Waals surface area contributed by atoms with Crippen molar-refractivity contribution >= 4 is 5.91 Å². The van der Waals surface area contributed by atoms with E-state index in [4.69, 9.17) is 0 Å². The summed E-state index contributed by atoms with van der Waals surface area (Å²) in [4.78, 5) is 11.7. The lowest BCUT2D eigenvalue weighted by Crippen LogP contribution is -2.32. The first-order valence-electron chi connectivity index (χ1n) is 7.88. The Morgan fingerprint density at radius 1 is 1.10 bits per heavy atom. The Labute approximate surface area is 122 Å². The van der Waals surface area contributed by atoms with E-state index in [0.29, 0.717) is 12.5 Å². The number of amides is 1. The normalized spacial score (nSPS) is 15.4. The molecule has 1 aromatic carbocycles. The van der Waals surface area contributed by atoms with E-state index in [-0.39, 0.29) is 5.91 Å². The van der Waals surface area contributed by atoms with Crippen LogP contribution in [0.15, 0.2) is 30.3 Å². The molecule has 1 aliphatic carbocycles. The third-order valence-electron chi connectivity index (χ3n) is 3.95. The highest BCUT2D eigenvalue weighted by Crippen LogP contribution is 2.17. The summed E-state index contributed by atoms with van der Waals surface area (Å²) in [5.74, 6) is 0.170. The minimum atomic E-state index is 0.170. The zero-order valence-corrected chi connectivity index (χ0v) is 12.2. The molecule has 0 aromatic heterocycles. The third-order valence-corrected chi connectivity index (χ3v) is 3.95. The fraction of sp³-hybridized carbons (Fsp3) is 0.588. The van der Waals surface area contributed by atoms with Gasteiger partial charge in [0.1, 0.15) is 0 Å². The smallest absolute Gasteiger partial charge is 0.221 e. The topological polar surface area (TPSA) is 41.1 Å². The number of benzene rings is 1. The van der Waals surface area contributed by atoms with E-state index in [1.54, 1.807) is 0 Å². The van der Waals surface area contributed by atoms with Gasteiger partial charge >= 0.3 is 0 Å². The summed E-state index contributed by atoms with van der Waals surface area (Å²) in [6.07, 6.45) is 7.86. The maximum absolute atomic E-state index is 11.7. The van der Waals surface area contributed by atoms with Crippen molar-refractivity contribution in [1.29, 1.82) is 0 Å².